The summed E-state index contributed by atoms with van der Waals surface area (Å²) in [7, 11) is 0. The summed E-state index contributed by atoms with van der Waals surface area (Å²) in [6.45, 7) is 4.16. The number of anilines is 1. The summed E-state index contributed by atoms with van der Waals surface area (Å²) >= 11 is 6.34. The number of halogens is 1. The lowest BCUT2D eigenvalue weighted by Gasteiger charge is -2.31. The van der Waals surface area contributed by atoms with Crippen LogP contribution in [-0.4, -0.2) is 26.2 Å². The molecule has 1 aliphatic rings. The zero-order valence-corrected chi connectivity index (χ0v) is 11.5. The predicted octanol–water partition coefficient (Wildman–Crippen LogP) is 3.42. The molecule has 3 rings (SSSR count). The number of rotatable bonds is 2. The van der Waals surface area contributed by atoms with Crippen molar-refractivity contribution < 1.29 is 0 Å². The largest absolute Gasteiger partial charge is 0.368 e. The predicted molar refractivity (Wildman–Crippen MR) is 82.0 cm³/mol. The van der Waals surface area contributed by atoms with Crippen LogP contribution in [0.3, 0.4) is 0 Å². The van der Waals surface area contributed by atoms with Crippen LogP contribution in [0.2, 0.25) is 5.02 Å². The van der Waals surface area contributed by atoms with Gasteiger partial charge in [0.15, 0.2) is 0 Å². The van der Waals surface area contributed by atoms with Gasteiger partial charge >= 0.3 is 0 Å². The second kappa shape index (κ2) is 5.64. The number of nitrogens with zero attached hydrogens (tertiary/aromatic N) is 1. The standard InChI is InChI=1S/C16H17ClN2/c17-15-7-3-1-5-13(15)14-6-2-4-8-16(14)19-11-9-18-10-12-19/h1-8,18H,9-12H2. The summed E-state index contributed by atoms with van der Waals surface area (Å²) in [5, 5.41) is 4.20. The highest BCUT2D eigenvalue weighted by atomic mass is 35.5. The summed E-state index contributed by atoms with van der Waals surface area (Å²) in [4.78, 5) is 2.43. The fourth-order valence-electron chi connectivity index (χ4n) is 2.56. The molecule has 0 atom stereocenters. The number of benzene rings is 2. The van der Waals surface area contributed by atoms with Crippen molar-refractivity contribution in [1.82, 2.24) is 5.32 Å². The molecule has 3 heteroatoms. The van der Waals surface area contributed by atoms with E-state index in [4.69, 9.17) is 11.6 Å². The smallest absolute Gasteiger partial charge is 0.0485 e. The third-order valence-corrected chi connectivity index (χ3v) is 3.86. The maximum Gasteiger partial charge on any atom is 0.0485 e. The SMILES string of the molecule is Clc1ccccc1-c1ccccc1N1CCNCC1. The summed E-state index contributed by atoms with van der Waals surface area (Å²) in [6, 6.07) is 16.6. The highest BCUT2D eigenvalue weighted by Crippen LogP contribution is 2.35. The molecule has 1 saturated heterocycles. The van der Waals surface area contributed by atoms with Crippen molar-refractivity contribution in [3.63, 3.8) is 0 Å². The topological polar surface area (TPSA) is 15.3 Å². The summed E-state index contributed by atoms with van der Waals surface area (Å²) < 4.78 is 0. The quantitative estimate of drug-likeness (QED) is 0.901. The molecule has 1 N–H and O–H groups in total. The maximum absolute atomic E-state index is 6.34. The van der Waals surface area contributed by atoms with Crippen molar-refractivity contribution in [1.29, 1.82) is 0 Å². The molecule has 0 spiro atoms. The first-order valence-electron chi connectivity index (χ1n) is 6.66. The fraction of sp³-hybridized carbons (Fsp3) is 0.250. The summed E-state index contributed by atoms with van der Waals surface area (Å²) in [5.41, 5.74) is 3.60. The van der Waals surface area contributed by atoms with Gasteiger partial charge in [0.2, 0.25) is 0 Å². The highest BCUT2D eigenvalue weighted by Gasteiger charge is 2.15. The van der Waals surface area contributed by atoms with Gasteiger partial charge in [0.05, 0.1) is 0 Å². The van der Waals surface area contributed by atoms with Crippen LogP contribution in [0.1, 0.15) is 0 Å². The van der Waals surface area contributed by atoms with E-state index >= 15 is 0 Å². The highest BCUT2D eigenvalue weighted by molar-refractivity contribution is 6.33. The molecule has 0 saturated carbocycles. The molecule has 2 nitrogen and oxygen atoms in total. The zero-order valence-electron chi connectivity index (χ0n) is 10.8. The monoisotopic (exact) mass is 272 g/mol. The average molecular weight is 273 g/mol. The molecule has 1 aliphatic heterocycles. The van der Waals surface area contributed by atoms with Gasteiger partial charge in [-0.2, -0.15) is 0 Å². The van der Waals surface area contributed by atoms with Gasteiger partial charge in [0.1, 0.15) is 0 Å². The molecule has 98 valence electrons. The second-order valence-electron chi connectivity index (χ2n) is 4.73. The van der Waals surface area contributed by atoms with Crippen LogP contribution in [0.25, 0.3) is 11.1 Å². The molecule has 2 aromatic rings. The summed E-state index contributed by atoms with van der Waals surface area (Å²) in [5.74, 6) is 0. The molecular formula is C16H17ClN2. The number of nitrogens with one attached hydrogen (secondary N) is 1. The van der Waals surface area contributed by atoms with Crippen LogP contribution in [0.5, 0.6) is 0 Å². The van der Waals surface area contributed by atoms with E-state index in [2.05, 4.69) is 40.5 Å². The number of piperazine rings is 1. The van der Waals surface area contributed by atoms with Gasteiger partial charge in [-0.15, -0.1) is 0 Å². The minimum Gasteiger partial charge on any atom is -0.368 e. The maximum atomic E-state index is 6.34. The van der Waals surface area contributed by atoms with Crippen molar-refractivity contribution in [2.24, 2.45) is 0 Å². The lowest BCUT2D eigenvalue weighted by atomic mass is 10.0. The van der Waals surface area contributed by atoms with Crippen molar-refractivity contribution in [2.45, 2.75) is 0 Å². The van der Waals surface area contributed by atoms with E-state index in [9.17, 15) is 0 Å². The van der Waals surface area contributed by atoms with Gasteiger partial charge in [0.25, 0.3) is 0 Å². The molecule has 0 bridgehead atoms. The Bertz CT molecular complexity index is 562. The first-order valence-corrected chi connectivity index (χ1v) is 7.03. The molecule has 0 aliphatic carbocycles. The van der Waals surface area contributed by atoms with Crippen LogP contribution in [-0.2, 0) is 0 Å². The van der Waals surface area contributed by atoms with E-state index in [0.29, 0.717) is 0 Å². The van der Waals surface area contributed by atoms with Gasteiger partial charge in [-0.25, -0.2) is 0 Å². The van der Waals surface area contributed by atoms with Crippen molar-refractivity contribution in [3.8, 4) is 11.1 Å². The number of hydrogen-bond acceptors (Lipinski definition) is 2. The Labute approximate surface area is 119 Å². The van der Waals surface area contributed by atoms with Crippen LogP contribution in [0.15, 0.2) is 48.5 Å². The molecule has 2 aromatic carbocycles. The average Bonchev–Trinajstić information content (AvgIpc) is 2.49. The first kappa shape index (κ1) is 12.5. The molecular weight excluding hydrogens is 256 g/mol. The molecule has 1 heterocycles. The molecule has 0 unspecified atom stereocenters. The van der Waals surface area contributed by atoms with Gasteiger partial charge in [-0.3, -0.25) is 0 Å². The third-order valence-electron chi connectivity index (χ3n) is 3.53. The Balaban J connectivity index is 2.04. The van der Waals surface area contributed by atoms with Crippen molar-refractivity contribution in [3.05, 3.63) is 53.6 Å². The van der Waals surface area contributed by atoms with E-state index in [1.54, 1.807) is 0 Å². The van der Waals surface area contributed by atoms with Crippen molar-refractivity contribution >= 4 is 17.3 Å². The Morgan fingerprint density at radius 1 is 0.842 bits per heavy atom. The molecule has 0 radical (unpaired) electrons. The Kier molecular flexibility index (Phi) is 3.72. The molecule has 0 amide bonds. The Morgan fingerprint density at radius 3 is 2.21 bits per heavy atom. The number of para-hydroxylation sites is 1. The van der Waals surface area contributed by atoms with E-state index < -0.39 is 0 Å². The fourth-order valence-corrected chi connectivity index (χ4v) is 2.80. The minimum atomic E-state index is 0.810. The van der Waals surface area contributed by atoms with Crippen molar-refractivity contribution in [2.75, 3.05) is 31.1 Å². The summed E-state index contributed by atoms with van der Waals surface area (Å²) in [6.07, 6.45) is 0. The lowest BCUT2D eigenvalue weighted by Crippen LogP contribution is -2.43. The molecule has 19 heavy (non-hydrogen) atoms. The molecule has 1 fully saturated rings. The van der Waals surface area contributed by atoms with Gasteiger partial charge in [-0.05, 0) is 12.1 Å². The van der Waals surface area contributed by atoms with E-state index in [1.165, 1.54) is 11.3 Å². The molecule has 0 aromatic heterocycles. The van der Waals surface area contributed by atoms with E-state index in [1.807, 2.05) is 18.2 Å². The Hall–Kier alpha value is -1.51. The third kappa shape index (κ3) is 2.60. The van der Waals surface area contributed by atoms with Gasteiger partial charge in [-0.1, -0.05) is 48.0 Å². The van der Waals surface area contributed by atoms with Gasteiger partial charge < -0.3 is 10.2 Å². The number of hydrogen-bond donors (Lipinski definition) is 1. The van der Waals surface area contributed by atoms with E-state index in [0.717, 1.165) is 36.8 Å². The first-order chi connectivity index (χ1) is 9.36. The van der Waals surface area contributed by atoms with E-state index in [-0.39, 0.29) is 0 Å². The zero-order chi connectivity index (χ0) is 13.1. The Morgan fingerprint density at radius 2 is 1.47 bits per heavy atom. The van der Waals surface area contributed by atoms with Crippen LogP contribution >= 0.6 is 11.6 Å². The van der Waals surface area contributed by atoms with Crippen LogP contribution in [0, 0.1) is 0 Å². The second-order valence-corrected chi connectivity index (χ2v) is 5.14. The van der Waals surface area contributed by atoms with Gasteiger partial charge in [0, 0.05) is 48.0 Å². The van der Waals surface area contributed by atoms with Crippen LogP contribution < -0.4 is 10.2 Å². The normalized spacial score (nSPS) is 15.5. The van der Waals surface area contributed by atoms with Crippen LogP contribution in [0.4, 0.5) is 5.69 Å². The lowest BCUT2D eigenvalue weighted by molar-refractivity contribution is 0.589. The minimum absolute atomic E-state index is 0.810.